The summed E-state index contributed by atoms with van der Waals surface area (Å²) in [5.41, 5.74) is 0.186. The predicted octanol–water partition coefficient (Wildman–Crippen LogP) is 1.42. The first kappa shape index (κ1) is 11.9. The van der Waals surface area contributed by atoms with Crippen molar-refractivity contribution in [2.75, 3.05) is 6.54 Å². The zero-order valence-corrected chi connectivity index (χ0v) is 9.72. The van der Waals surface area contributed by atoms with Gasteiger partial charge in [-0.3, -0.25) is 4.79 Å². The molecular formula is C11H11ClN2O3. The van der Waals surface area contributed by atoms with Crippen LogP contribution >= 0.6 is 11.6 Å². The van der Waals surface area contributed by atoms with Gasteiger partial charge in [-0.1, -0.05) is 17.7 Å². The van der Waals surface area contributed by atoms with Crippen molar-refractivity contribution < 1.29 is 14.7 Å². The van der Waals surface area contributed by atoms with Crippen molar-refractivity contribution >= 4 is 23.5 Å². The molecule has 0 aromatic carbocycles. The van der Waals surface area contributed by atoms with Gasteiger partial charge in [0, 0.05) is 6.54 Å². The highest BCUT2D eigenvalue weighted by Crippen LogP contribution is 2.20. The molecule has 2 rings (SSSR count). The standard InChI is InChI=1S/C11H11ClN2O3/c12-9-5-1-3-7(13-9)10(15)14-6-2-4-8(14)11(16)17/h1,3,5,8H,2,4,6H2,(H,16,17)/t8-/m1/s1. The SMILES string of the molecule is O=C(O)[C@H]1CCCN1C(=O)c1cccc(Cl)n1. The lowest BCUT2D eigenvalue weighted by atomic mass is 10.2. The fraction of sp³-hybridized carbons (Fsp3) is 0.364. The molecule has 1 aliphatic heterocycles. The van der Waals surface area contributed by atoms with E-state index in [0.717, 1.165) is 0 Å². The number of hydrogen-bond donors (Lipinski definition) is 1. The molecule has 0 radical (unpaired) electrons. The van der Waals surface area contributed by atoms with Gasteiger partial charge in [0.2, 0.25) is 0 Å². The van der Waals surface area contributed by atoms with Crippen LogP contribution in [0.4, 0.5) is 0 Å². The maximum atomic E-state index is 12.1. The number of rotatable bonds is 2. The summed E-state index contributed by atoms with van der Waals surface area (Å²) in [4.78, 5) is 28.3. The Morgan fingerprint density at radius 3 is 2.88 bits per heavy atom. The largest absolute Gasteiger partial charge is 0.480 e. The Hall–Kier alpha value is -1.62. The van der Waals surface area contributed by atoms with Gasteiger partial charge in [0.1, 0.15) is 16.9 Å². The Balaban J connectivity index is 2.23. The molecule has 1 amide bonds. The van der Waals surface area contributed by atoms with E-state index in [0.29, 0.717) is 19.4 Å². The van der Waals surface area contributed by atoms with Crippen molar-refractivity contribution in [1.82, 2.24) is 9.88 Å². The van der Waals surface area contributed by atoms with Gasteiger partial charge in [0.05, 0.1) is 0 Å². The van der Waals surface area contributed by atoms with Gasteiger partial charge in [0.25, 0.3) is 5.91 Å². The van der Waals surface area contributed by atoms with Gasteiger partial charge in [0.15, 0.2) is 0 Å². The second kappa shape index (κ2) is 4.71. The van der Waals surface area contributed by atoms with Gasteiger partial charge in [-0.25, -0.2) is 9.78 Å². The minimum Gasteiger partial charge on any atom is -0.480 e. The van der Waals surface area contributed by atoms with E-state index in [1.165, 1.54) is 11.0 Å². The highest BCUT2D eigenvalue weighted by atomic mass is 35.5. The van der Waals surface area contributed by atoms with Gasteiger partial charge < -0.3 is 10.0 Å². The fourth-order valence-electron chi connectivity index (χ4n) is 1.94. The van der Waals surface area contributed by atoms with Crippen molar-refractivity contribution in [3.8, 4) is 0 Å². The maximum absolute atomic E-state index is 12.1. The van der Waals surface area contributed by atoms with Crippen LogP contribution in [0.5, 0.6) is 0 Å². The third-order valence-corrected chi connectivity index (χ3v) is 2.94. The molecule has 0 spiro atoms. The van der Waals surface area contributed by atoms with Crippen LogP contribution in [0.15, 0.2) is 18.2 Å². The Labute approximate surface area is 103 Å². The third-order valence-electron chi connectivity index (χ3n) is 2.73. The second-order valence-electron chi connectivity index (χ2n) is 3.84. The molecule has 1 atom stereocenters. The van der Waals surface area contributed by atoms with E-state index in [4.69, 9.17) is 16.7 Å². The van der Waals surface area contributed by atoms with Crippen LogP contribution in [0.25, 0.3) is 0 Å². The molecule has 0 aliphatic carbocycles. The van der Waals surface area contributed by atoms with E-state index in [1.807, 2.05) is 0 Å². The van der Waals surface area contributed by atoms with Crippen LogP contribution in [0.2, 0.25) is 5.15 Å². The number of carbonyl (C=O) groups excluding carboxylic acids is 1. The molecule has 90 valence electrons. The second-order valence-corrected chi connectivity index (χ2v) is 4.23. The summed E-state index contributed by atoms with van der Waals surface area (Å²) >= 11 is 5.70. The average molecular weight is 255 g/mol. The number of nitrogens with zero attached hydrogens (tertiary/aromatic N) is 2. The summed E-state index contributed by atoms with van der Waals surface area (Å²) in [6, 6.07) is 3.97. The van der Waals surface area contributed by atoms with Crippen LogP contribution in [-0.4, -0.2) is 39.5 Å². The van der Waals surface area contributed by atoms with Crippen LogP contribution < -0.4 is 0 Å². The number of aliphatic carboxylic acids is 1. The number of pyridine rings is 1. The zero-order valence-electron chi connectivity index (χ0n) is 8.97. The number of carboxylic acid groups (broad SMARTS) is 1. The summed E-state index contributed by atoms with van der Waals surface area (Å²) in [5, 5.41) is 9.22. The van der Waals surface area contributed by atoms with Crippen LogP contribution in [0.3, 0.4) is 0 Å². The Kier molecular flexibility index (Phi) is 3.28. The molecular weight excluding hydrogens is 244 g/mol. The number of carboxylic acids is 1. The molecule has 0 unspecified atom stereocenters. The first-order valence-electron chi connectivity index (χ1n) is 5.26. The van der Waals surface area contributed by atoms with Crippen molar-refractivity contribution in [1.29, 1.82) is 0 Å². The Bertz CT molecular complexity index is 464. The molecule has 1 N–H and O–H groups in total. The summed E-state index contributed by atoms with van der Waals surface area (Å²) in [6.45, 7) is 0.448. The molecule has 1 aromatic heterocycles. The van der Waals surface area contributed by atoms with Crippen LogP contribution in [0, 0.1) is 0 Å². The monoisotopic (exact) mass is 254 g/mol. The third kappa shape index (κ3) is 2.39. The van der Waals surface area contributed by atoms with E-state index in [1.54, 1.807) is 12.1 Å². The average Bonchev–Trinajstić information content (AvgIpc) is 2.77. The number of carbonyl (C=O) groups is 2. The lowest BCUT2D eigenvalue weighted by Gasteiger charge is -2.20. The quantitative estimate of drug-likeness (QED) is 0.811. The van der Waals surface area contributed by atoms with E-state index < -0.39 is 12.0 Å². The molecule has 6 heteroatoms. The number of likely N-dealkylation sites (tertiary alicyclic amines) is 1. The minimum atomic E-state index is -0.974. The first-order chi connectivity index (χ1) is 8.09. The maximum Gasteiger partial charge on any atom is 0.326 e. The Morgan fingerprint density at radius 2 is 2.24 bits per heavy atom. The molecule has 0 saturated carbocycles. The molecule has 2 heterocycles. The van der Waals surface area contributed by atoms with E-state index in [9.17, 15) is 9.59 Å². The van der Waals surface area contributed by atoms with E-state index >= 15 is 0 Å². The molecule has 1 fully saturated rings. The molecule has 1 aliphatic rings. The predicted molar refractivity (Wildman–Crippen MR) is 60.9 cm³/mol. The Morgan fingerprint density at radius 1 is 1.47 bits per heavy atom. The number of halogens is 1. The van der Waals surface area contributed by atoms with Gasteiger partial charge in [-0.15, -0.1) is 0 Å². The lowest BCUT2D eigenvalue weighted by Crippen LogP contribution is -2.40. The smallest absolute Gasteiger partial charge is 0.326 e. The molecule has 1 saturated heterocycles. The van der Waals surface area contributed by atoms with E-state index in [-0.39, 0.29) is 16.8 Å². The lowest BCUT2D eigenvalue weighted by molar-refractivity contribution is -0.141. The van der Waals surface area contributed by atoms with Crippen molar-refractivity contribution in [3.05, 3.63) is 29.0 Å². The van der Waals surface area contributed by atoms with Crippen molar-refractivity contribution in [2.45, 2.75) is 18.9 Å². The number of aromatic nitrogens is 1. The normalized spacial score (nSPS) is 19.4. The molecule has 0 bridgehead atoms. The van der Waals surface area contributed by atoms with Crippen molar-refractivity contribution in [3.63, 3.8) is 0 Å². The summed E-state index contributed by atoms with van der Waals surface area (Å²) < 4.78 is 0. The first-order valence-corrected chi connectivity index (χ1v) is 5.63. The molecule has 17 heavy (non-hydrogen) atoms. The van der Waals surface area contributed by atoms with Gasteiger partial charge in [-0.2, -0.15) is 0 Å². The van der Waals surface area contributed by atoms with Crippen LogP contribution in [-0.2, 0) is 4.79 Å². The summed E-state index contributed by atoms with van der Waals surface area (Å²) in [6.07, 6.45) is 1.19. The zero-order chi connectivity index (χ0) is 12.4. The van der Waals surface area contributed by atoms with Crippen LogP contribution in [0.1, 0.15) is 23.3 Å². The van der Waals surface area contributed by atoms with E-state index in [2.05, 4.69) is 4.98 Å². The number of amides is 1. The fourth-order valence-corrected chi connectivity index (χ4v) is 2.10. The summed E-state index contributed by atoms with van der Waals surface area (Å²) in [7, 11) is 0. The van der Waals surface area contributed by atoms with Gasteiger partial charge in [-0.05, 0) is 25.0 Å². The highest BCUT2D eigenvalue weighted by molar-refractivity contribution is 6.29. The van der Waals surface area contributed by atoms with Gasteiger partial charge >= 0.3 is 5.97 Å². The topological polar surface area (TPSA) is 70.5 Å². The van der Waals surface area contributed by atoms with Crippen molar-refractivity contribution in [2.24, 2.45) is 0 Å². The molecule has 5 nitrogen and oxygen atoms in total. The minimum absolute atomic E-state index is 0.186. The number of hydrogen-bond acceptors (Lipinski definition) is 3. The highest BCUT2D eigenvalue weighted by Gasteiger charge is 2.34. The summed E-state index contributed by atoms with van der Waals surface area (Å²) in [5.74, 6) is -1.35. The molecule has 1 aromatic rings.